The van der Waals surface area contributed by atoms with Gasteiger partial charge in [0.2, 0.25) is 0 Å². The number of nitrogens with one attached hydrogen (secondary N) is 2. The molecule has 0 heterocycles. The number of carbonyl (C=O) groups is 3. The van der Waals surface area contributed by atoms with Gasteiger partial charge in [0, 0.05) is 6.61 Å². The van der Waals surface area contributed by atoms with Crippen LogP contribution in [0.3, 0.4) is 0 Å². The SMILES string of the molecule is O=C(O)C(O)CCN[C@@H](CCN[C@@H](CCO)C(=O)O)C(=O)O. The van der Waals surface area contributed by atoms with Crippen molar-refractivity contribution in [2.24, 2.45) is 0 Å². The molecule has 1 unspecified atom stereocenters. The fraction of sp³-hybridized carbons (Fsp3) is 0.750. The molecule has 0 saturated heterocycles. The molecule has 0 spiro atoms. The molecule has 22 heavy (non-hydrogen) atoms. The summed E-state index contributed by atoms with van der Waals surface area (Å²) in [5, 5.41) is 49.3. The summed E-state index contributed by atoms with van der Waals surface area (Å²) in [4.78, 5) is 32.2. The third kappa shape index (κ3) is 8.52. The van der Waals surface area contributed by atoms with Crippen LogP contribution in [0.15, 0.2) is 0 Å². The van der Waals surface area contributed by atoms with Crippen LogP contribution in [-0.4, -0.2) is 81.3 Å². The quantitative estimate of drug-likeness (QED) is 0.195. The zero-order valence-corrected chi connectivity index (χ0v) is 11.9. The van der Waals surface area contributed by atoms with Crippen LogP contribution in [-0.2, 0) is 14.4 Å². The van der Waals surface area contributed by atoms with E-state index in [4.69, 9.17) is 25.5 Å². The lowest BCUT2D eigenvalue weighted by Gasteiger charge is -2.17. The second kappa shape index (κ2) is 10.9. The average Bonchev–Trinajstić information content (AvgIpc) is 2.43. The van der Waals surface area contributed by atoms with E-state index in [1.807, 2.05) is 0 Å². The third-order valence-corrected chi connectivity index (χ3v) is 2.93. The van der Waals surface area contributed by atoms with Gasteiger partial charge in [-0.05, 0) is 32.4 Å². The first-order chi connectivity index (χ1) is 10.3. The van der Waals surface area contributed by atoms with Crippen LogP contribution < -0.4 is 10.6 Å². The monoisotopic (exact) mass is 322 g/mol. The van der Waals surface area contributed by atoms with Gasteiger partial charge in [0.25, 0.3) is 0 Å². The zero-order chi connectivity index (χ0) is 17.1. The average molecular weight is 322 g/mol. The van der Waals surface area contributed by atoms with Crippen LogP contribution in [0.5, 0.6) is 0 Å². The van der Waals surface area contributed by atoms with Gasteiger partial charge in [-0.2, -0.15) is 0 Å². The molecule has 0 aliphatic carbocycles. The fourth-order valence-corrected chi connectivity index (χ4v) is 1.67. The Morgan fingerprint density at radius 2 is 1.23 bits per heavy atom. The van der Waals surface area contributed by atoms with Gasteiger partial charge >= 0.3 is 17.9 Å². The minimum atomic E-state index is -1.57. The molecule has 0 saturated carbocycles. The molecular weight excluding hydrogens is 300 g/mol. The minimum Gasteiger partial charge on any atom is -0.480 e. The van der Waals surface area contributed by atoms with Gasteiger partial charge in [0.1, 0.15) is 12.1 Å². The first-order valence-electron chi connectivity index (χ1n) is 6.73. The molecule has 0 amide bonds. The Hall–Kier alpha value is -1.75. The van der Waals surface area contributed by atoms with Crippen molar-refractivity contribution in [3.05, 3.63) is 0 Å². The number of aliphatic carboxylic acids is 3. The number of aliphatic hydroxyl groups excluding tert-OH is 2. The van der Waals surface area contributed by atoms with E-state index < -0.39 is 36.1 Å². The highest BCUT2D eigenvalue weighted by Gasteiger charge is 2.20. The van der Waals surface area contributed by atoms with Crippen LogP contribution >= 0.6 is 0 Å². The number of carboxylic acid groups (broad SMARTS) is 3. The molecule has 0 bridgehead atoms. The molecule has 0 fully saturated rings. The minimum absolute atomic E-state index is 0.00526. The van der Waals surface area contributed by atoms with Crippen LogP contribution in [0.1, 0.15) is 19.3 Å². The van der Waals surface area contributed by atoms with E-state index in [0.717, 1.165) is 0 Å². The van der Waals surface area contributed by atoms with Gasteiger partial charge in [-0.3, -0.25) is 9.59 Å². The number of hydrogen-bond donors (Lipinski definition) is 7. The lowest BCUT2D eigenvalue weighted by molar-refractivity contribution is -0.146. The Labute approximate surface area is 126 Å². The summed E-state index contributed by atoms with van der Waals surface area (Å²) in [5.74, 6) is -3.69. The van der Waals surface area contributed by atoms with E-state index in [2.05, 4.69) is 10.6 Å². The second-order valence-electron chi connectivity index (χ2n) is 4.63. The lowest BCUT2D eigenvalue weighted by atomic mass is 10.1. The molecule has 128 valence electrons. The number of hydrogen-bond acceptors (Lipinski definition) is 7. The summed E-state index contributed by atoms with van der Waals surface area (Å²) in [7, 11) is 0. The predicted molar refractivity (Wildman–Crippen MR) is 73.4 cm³/mol. The van der Waals surface area contributed by atoms with Gasteiger partial charge in [-0.1, -0.05) is 0 Å². The van der Waals surface area contributed by atoms with Gasteiger partial charge in [0.05, 0.1) is 0 Å². The van der Waals surface area contributed by atoms with Crippen LogP contribution in [0.2, 0.25) is 0 Å². The molecule has 7 N–H and O–H groups in total. The Balaban J connectivity index is 4.17. The van der Waals surface area contributed by atoms with Crippen molar-refractivity contribution < 1.29 is 39.9 Å². The van der Waals surface area contributed by atoms with E-state index in [0.29, 0.717) is 0 Å². The maximum Gasteiger partial charge on any atom is 0.332 e. The largest absolute Gasteiger partial charge is 0.480 e. The summed E-state index contributed by atoms with van der Waals surface area (Å²) in [6, 6.07) is -1.97. The normalized spacial score (nSPS) is 15.0. The van der Waals surface area contributed by atoms with Gasteiger partial charge in [-0.25, -0.2) is 4.79 Å². The van der Waals surface area contributed by atoms with Crippen molar-refractivity contribution in [1.82, 2.24) is 10.6 Å². The Bertz CT molecular complexity index is 376. The highest BCUT2D eigenvalue weighted by molar-refractivity contribution is 5.74. The van der Waals surface area contributed by atoms with E-state index in [-0.39, 0.29) is 39.0 Å². The van der Waals surface area contributed by atoms with Crippen molar-refractivity contribution in [1.29, 1.82) is 0 Å². The van der Waals surface area contributed by atoms with Crippen molar-refractivity contribution in [2.75, 3.05) is 19.7 Å². The summed E-state index contributed by atoms with van der Waals surface area (Å²) in [6.45, 7) is -0.233. The predicted octanol–water partition coefficient (Wildman–Crippen LogP) is -2.32. The summed E-state index contributed by atoms with van der Waals surface area (Å²) in [5.41, 5.74) is 0. The zero-order valence-electron chi connectivity index (χ0n) is 11.9. The molecule has 0 aromatic heterocycles. The molecule has 0 aliphatic rings. The molecule has 0 radical (unpaired) electrons. The van der Waals surface area contributed by atoms with Crippen molar-refractivity contribution in [3.8, 4) is 0 Å². The van der Waals surface area contributed by atoms with E-state index in [1.165, 1.54) is 0 Å². The maximum atomic E-state index is 11.0. The molecule has 10 nitrogen and oxygen atoms in total. The Morgan fingerprint density at radius 1 is 0.773 bits per heavy atom. The number of aliphatic hydroxyl groups is 2. The molecule has 0 rings (SSSR count). The highest BCUT2D eigenvalue weighted by Crippen LogP contribution is 1.97. The standard InChI is InChI=1S/C12H22N2O8/c15-6-3-8(11(19)20)13-4-1-7(10(17)18)14-5-2-9(16)12(21)22/h7-9,13-16H,1-6H2,(H,17,18)(H,19,20)(H,21,22)/t7-,8-,9?/m0/s1. The Morgan fingerprint density at radius 3 is 1.64 bits per heavy atom. The van der Waals surface area contributed by atoms with E-state index in [1.54, 1.807) is 0 Å². The molecule has 10 heteroatoms. The maximum absolute atomic E-state index is 11.0. The summed E-state index contributed by atoms with van der Waals surface area (Å²) < 4.78 is 0. The van der Waals surface area contributed by atoms with Crippen LogP contribution in [0.25, 0.3) is 0 Å². The van der Waals surface area contributed by atoms with Gasteiger partial charge < -0.3 is 36.2 Å². The smallest absolute Gasteiger partial charge is 0.332 e. The van der Waals surface area contributed by atoms with Crippen LogP contribution in [0, 0.1) is 0 Å². The number of carboxylic acids is 3. The molecular formula is C12H22N2O8. The van der Waals surface area contributed by atoms with E-state index in [9.17, 15) is 14.4 Å². The summed E-state index contributed by atoms with van der Waals surface area (Å²) >= 11 is 0. The first-order valence-corrected chi connectivity index (χ1v) is 6.73. The third-order valence-electron chi connectivity index (χ3n) is 2.93. The van der Waals surface area contributed by atoms with Gasteiger partial charge in [-0.15, -0.1) is 0 Å². The second-order valence-corrected chi connectivity index (χ2v) is 4.63. The van der Waals surface area contributed by atoms with Crippen molar-refractivity contribution in [2.45, 2.75) is 37.5 Å². The van der Waals surface area contributed by atoms with Gasteiger partial charge in [0.15, 0.2) is 6.10 Å². The van der Waals surface area contributed by atoms with Crippen LogP contribution in [0.4, 0.5) is 0 Å². The topological polar surface area (TPSA) is 176 Å². The Kier molecular flexibility index (Phi) is 10.0. The molecule has 0 aromatic carbocycles. The summed E-state index contributed by atoms with van der Waals surface area (Å²) in [6.07, 6.45) is -1.64. The van der Waals surface area contributed by atoms with Crippen molar-refractivity contribution >= 4 is 17.9 Å². The molecule has 0 aliphatic heterocycles. The van der Waals surface area contributed by atoms with Crippen molar-refractivity contribution in [3.63, 3.8) is 0 Å². The van der Waals surface area contributed by atoms with E-state index >= 15 is 0 Å². The molecule has 0 aromatic rings. The first kappa shape index (κ1) is 20.2. The number of rotatable bonds is 13. The molecule has 3 atom stereocenters. The lowest BCUT2D eigenvalue weighted by Crippen LogP contribution is -2.44. The fourth-order valence-electron chi connectivity index (χ4n) is 1.67. The highest BCUT2D eigenvalue weighted by atomic mass is 16.4.